The molecule has 6 atom stereocenters. The number of methoxy groups -OCH3 is 1. The van der Waals surface area contributed by atoms with Crippen LogP contribution in [0.1, 0.15) is 74.1 Å². The maximum atomic E-state index is 13.9. The Labute approximate surface area is 185 Å². The maximum absolute atomic E-state index is 13.9. The number of ketones is 2. The minimum atomic E-state index is -1.57. The molecule has 0 bridgehead atoms. The molecule has 2 fully saturated rings. The highest BCUT2D eigenvalue weighted by Crippen LogP contribution is 2.76. The summed E-state index contributed by atoms with van der Waals surface area (Å²) < 4.78 is 5.31. The third-order valence-electron chi connectivity index (χ3n) is 10.4. The molecule has 170 valence electrons. The van der Waals surface area contributed by atoms with Crippen molar-refractivity contribution in [3.63, 3.8) is 0 Å². The van der Waals surface area contributed by atoms with Crippen LogP contribution in [0.5, 0.6) is 0 Å². The van der Waals surface area contributed by atoms with Gasteiger partial charge in [-0.1, -0.05) is 46.3 Å². The van der Waals surface area contributed by atoms with Gasteiger partial charge in [0, 0.05) is 17.3 Å². The molecule has 31 heavy (non-hydrogen) atoms. The molecule has 0 spiro atoms. The Hall–Kier alpha value is -1.91. The normalized spacial score (nSPS) is 46.1. The molecular formula is C26H35O5-. The van der Waals surface area contributed by atoms with Crippen molar-refractivity contribution < 1.29 is 24.2 Å². The summed E-state index contributed by atoms with van der Waals surface area (Å²) in [5.74, 6) is -0.902. The van der Waals surface area contributed by atoms with Gasteiger partial charge < -0.3 is 9.84 Å². The van der Waals surface area contributed by atoms with Crippen molar-refractivity contribution in [2.75, 3.05) is 7.11 Å². The first-order chi connectivity index (χ1) is 14.2. The molecule has 0 amide bonds. The number of Topliss-reactive ketones (excluding diaryl/α,β-unsaturated/α-hetero) is 2. The number of allylic oxidation sites excluding steroid dienone is 3. The fraction of sp³-hybridized carbons (Fsp3) is 0.731. The van der Waals surface area contributed by atoms with E-state index in [0.717, 1.165) is 18.4 Å². The van der Waals surface area contributed by atoms with Gasteiger partial charge in [0.1, 0.15) is 11.2 Å². The van der Waals surface area contributed by atoms with E-state index in [-0.39, 0.29) is 34.4 Å². The largest absolute Gasteiger partial charge is 0.875 e. The summed E-state index contributed by atoms with van der Waals surface area (Å²) in [6, 6.07) is 0. The molecule has 0 aromatic rings. The van der Waals surface area contributed by atoms with Crippen LogP contribution in [0.15, 0.2) is 23.0 Å². The molecule has 0 N–H and O–H groups in total. The Balaban J connectivity index is 2.04. The Kier molecular flexibility index (Phi) is 4.39. The zero-order valence-corrected chi connectivity index (χ0v) is 20.1. The molecule has 0 aromatic carbocycles. The lowest BCUT2D eigenvalue weighted by Crippen LogP contribution is -2.69. The third kappa shape index (κ3) is 2.07. The van der Waals surface area contributed by atoms with Crippen LogP contribution in [-0.4, -0.2) is 24.6 Å². The first-order valence-corrected chi connectivity index (χ1v) is 11.4. The van der Waals surface area contributed by atoms with Crippen LogP contribution in [0.25, 0.3) is 0 Å². The number of carbonyl (C=O) groups excluding carboxylic acids is 3. The van der Waals surface area contributed by atoms with Crippen molar-refractivity contribution in [3.8, 4) is 0 Å². The molecule has 5 nitrogen and oxygen atoms in total. The summed E-state index contributed by atoms with van der Waals surface area (Å²) >= 11 is 0. The summed E-state index contributed by atoms with van der Waals surface area (Å²) in [5.41, 5.74) is -3.38. The van der Waals surface area contributed by atoms with E-state index in [2.05, 4.69) is 13.0 Å². The van der Waals surface area contributed by atoms with E-state index in [1.54, 1.807) is 13.8 Å². The number of hydrogen-bond donors (Lipinski definition) is 0. The molecule has 0 radical (unpaired) electrons. The summed E-state index contributed by atoms with van der Waals surface area (Å²) in [4.78, 5) is 40.3. The monoisotopic (exact) mass is 427 g/mol. The van der Waals surface area contributed by atoms with E-state index >= 15 is 0 Å². The summed E-state index contributed by atoms with van der Waals surface area (Å²) in [6.07, 6.45) is 4.73. The smallest absolute Gasteiger partial charge is 0.321 e. The summed E-state index contributed by atoms with van der Waals surface area (Å²) in [6.45, 7) is 13.5. The molecular weight excluding hydrogens is 392 g/mol. The van der Waals surface area contributed by atoms with Gasteiger partial charge in [-0.05, 0) is 61.3 Å². The molecule has 0 unspecified atom stereocenters. The Morgan fingerprint density at radius 3 is 2.29 bits per heavy atom. The van der Waals surface area contributed by atoms with E-state index in [1.165, 1.54) is 7.11 Å². The zero-order chi connectivity index (χ0) is 23.4. The highest BCUT2D eigenvalue weighted by atomic mass is 16.5. The second-order valence-electron chi connectivity index (χ2n) is 11.6. The lowest BCUT2D eigenvalue weighted by molar-refractivity contribution is -0.331. The second-order valence-corrected chi connectivity index (χ2v) is 11.6. The van der Waals surface area contributed by atoms with Gasteiger partial charge in [0.2, 0.25) is 0 Å². The molecule has 4 rings (SSSR count). The van der Waals surface area contributed by atoms with Gasteiger partial charge in [-0.2, -0.15) is 0 Å². The fourth-order valence-electron chi connectivity index (χ4n) is 8.65. The van der Waals surface area contributed by atoms with Gasteiger partial charge >= 0.3 is 5.97 Å². The summed E-state index contributed by atoms with van der Waals surface area (Å²) in [7, 11) is 1.31. The van der Waals surface area contributed by atoms with E-state index in [0.29, 0.717) is 18.6 Å². The van der Waals surface area contributed by atoms with Crippen LogP contribution in [0.3, 0.4) is 0 Å². The number of hydrogen-bond acceptors (Lipinski definition) is 5. The van der Waals surface area contributed by atoms with Gasteiger partial charge in [-0.25, -0.2) is 0 Å². The zero-order valence-electron chi connectivity index (χ0n) is 20.1. The number of ether oxygens (including phenoxy) is 1. The highest BCUT2D eigenvalue weighted by molar-refractivity contribution is 6.17. The predicted molar refractivity (Wildman–Crippen MR) is 114 cm³/mol. The van der Waals surface area contributed by atoms with E-state index in [1.807, 2.05) is 27.7 Å². The van der Waals surface area contributed by atoms with Gasteiger partial charge in [0.05, 0.1) is 7.11 Å². The van der Waals surface area contributed by atoms with Crippen molar-refractivity contribution in [1.82, 2.24) is 0 Å². The van der Waals surface area contributed by atoms with E-state index in [9.17, 15) is 19.5 Å². The van der Waals surface area contributed by atoms with Crippen LogP contribution >= 0.6 is 0 Å². The fourth-order valence-corrected chi connectivity index (χ4v) is 8.65. The summed E-state index contributed by atoms with van der Waals surface area (Å²) in [5, 5.41) is 13.5. The predicted octanol–water partition coefficient (Wildman–Crippen LogP) is 3.76. The van der Waals surface area contributed by atoms with Gasteiger partial charge in [0.15, 0.2) is 5.78 Å². The Morgan fingerprint density at radius 2 is 1.71 bits per heavy atom. The minimum Gasteiger partial charge on any atom is -0.875 e. The lowest BCUT2D eigenvalue weighted by atomic mass is 9.34. The van der Waals surface area contributed by atoms with Crippen LogP contribution < -0.4 is 5.11 Å². The van der Waals surface area contributed by atoms with Crippen molar-refractivity contribution in [2.24, 2.45) is 38.9 Å². The van der Waals surface area contributed by atoms with E-state index < -0.39 is 27.6 Å². The van der Waals surface area contributed by atoms with Crippen LogP contribution in [0.2, 0.25) is 0 Å². The average molecular weight is 428 g/mol. The molecule has 0 heterocycles. The maximum Gasteiger partial charge on any atom is 0.321 e. The molecule has 2 saturated carbocycles. The Bertz CT molecular complexity index is 970. The third-order valence-corrected chi connectivity index (χ3v) is 10.4. The lowest BCUT2D eigenvalue weighted by Gasteiger charge is -2.68. The topological polar surface area (TPSA) is 83.5 Å². The van der Waals surface area contributed by atoms with Crippen LogP contribution in [0.4, 0.5) is 0 Å². The number of carbonyl (C=O) groups is 3. The molecule has 4 aliphatic carbocycles. The quantitative estimate of drug-likeness (QED) is 0.361. The van der Waals surface area contributed by atoms with E-state index in [4.69, 9.17) is 4.74 Å². The molecule has 4 aliphatic rings. The average Bonchev–Trinajstić information content (AvgIpc) is 2.86. The second kappa shape index (κ2) is 6.11. The molecule has 0 aliphatic heterocycles. The first-order valence-electron chi connectivity index (χ1n) is 11.4. The minimum absolute atomic E-state index is 0.110. The van der Waals surface area contributed by atoms with Crippen LogP contribution in [-0.2, 0) is 19.1 Å². The first kappa shape index (κ1) is 22.3. The highest BCUT2D eigenvalue weighted by Gasteiger charge is 2.78. The van der Waals surface area contributed by atoms with Gasteiger partial charge in [-0.3, -0.25) is 14.4 Å². The number of rotatable bonds is 1. The number of fused-ring (bicyclic) bond motifs is 5. The standard InChI is InChI=1S/C26H36O5/c1-14-13-17-23(5)11-10-18(27)22(3,4)16(23)9-12-24(17,6)26(21(30)31-8)20(29)15(2)19(28)25(14,26)7/h13,16-17,28H,9-12H2,1-8H3/p-1/t16-,17+,23-,24+,25+,26-/m1/s1. The number of esters is 1. The SMILES string of the molecule is COC(=O)[C@@]12C(=O)C(C)=C([O-])[C@]1(C)C(C)=C[C@H]1[C@]3(C)CCC(=O)C(C)(C)[C@H]3CC[C@@]12C. The van der Waals surface area contributed by atoms with Crippen molar-refractivity contribution >= 4 is 17.5 Å². The van der Waals surface area contributed by atoms with Crippen molar-refractivity contribution in [3.05, 3.63) is 23.0 Å². The molecule has 0 saturated heterocycles. The molecule has 5 heteroatoms. The van der Waals surface area contributed by atoms with Gasteiger partial charge in [0.25, 0.3) is 0 Å². The van der Waals surface area contributed by atoms with Crippen molar-refractivity contribution in [1.29, 1.82) is 0 Å². The Morgan fingerprint density at radius 1 is 1.10 bits per heavy atom. The molecule has 0 aromatic heterocycles. The van der Waals surface area contributed by atoms with Gasteiger partial charge in [-0.15, -0.1) is 5.76 Å². The van der Waals surface area contributed by atoms with Crippen molar-refractivity contribution in [2.45, 2.75) is 74.1 Å². The van der Waals surface area contributed by atoms with Crippen LogP contribution in [0, 0.1) is 38.9 Å².